The number of carbonyl (C=O) groups excluding carboxylic acids is 1. The van der Waals surface area contributed by atoms with Crippen LogP contribution in [0.4, 0.5) is 10.5 Å². The van der Waals surface area contributed by atoms with Gasteiger partial charge in [0.15, 0.2) is 0 Å². The number of carboxylic acid groups (broad SMARTS) is 1. The second kappa shape index (κ2) is 5.90. The predicted molar refractivity (Wildman–Crippen MR) is 84.1 cm³/mol. The molecule has 2 aromatic rings. The van der Waals surface area contributed by atoms with E-state index in [9.17, 15) is 14.7 Å². The zero-order chi connectivity index (χ0) is 14.8. The average Bonchev–Trinajstić information content (AvgIpc) is 2.94. The van der Waals surface area contributed by atoms with E-state index in [2.05, 4.69) is 10.3 Å². The van der Waals surface area contributed by atoms with Gasteiger partial charge in [0.05, 0.1) is 15.7 Å². The Kier molecular flexibility index (Phi) is 3.98. The van der Waals surface area contributed by atoms with E-state index in [1.54, 1.807) is 23.3 Å². The highest BCUT2D eigenvalue weighted by Gasteiger charge is 2.32. The molecule has 1 aromatic heterocycles. The summed E-state index contributed by atoms with van der Waals surface area (Å²) in [5, 5.41) is 12.0. The molecule has 1 fully saturated rings. The van der Waals surface area contributed by atoms with Crippen molar-refractivity contribution in [3.63, 3.8) is 0 Å². The Balaban J connectivity index is 1.76. The topological polar surface area (TPSA) is 82.5 Å². The summed E-state index contributed by atoms with van der Waals surface area (Å²) >= 11 is 3.05. The van der Waals surface area contributed by atoms with Gasteiger partial charge in [0.2, 0.25) is 0 Å². The molecule has 110 valence electrons. The van der Waals surface area contributed by atoms with Gasteiger partial charge in [0.25, 0.3) is 0 Å². The van der Waals surface area contributed by atoms with Crippen molar-refractivity contribution in [2.24, 2.45) is 0 Å². The fourth-order valence-electron chi connectivity index (χ4n) is 2.18. The zero-order valence-electron chi connectivity index (χ0n) is 11.0. The van der Waals surface area contributed by atoms with Crippen molar-refractivity contribution >= 4 is 51.0 Å². The Morgan fingerprint density at radius 3 is 3.10 bits per heavy atom. The molecule has 1 unspecified atom stereocenters. The fourth-order valence-corrected chi connectivity index (χ4v) is 3.93. The largest absolute Gasteiger partial charge is 0.480 e. The number of nitrogens with one attached hydrogen (secondary N) is 1. The van der Waals surface area contributed by atoms with Crippen molar-refractivity contribution in [1.82, 2.24) is 9.88 Å². The van der Waals surface area contributed by atoms with Crippen LogP contribution in [-0.2, 0) is 4.79 Å². The maximum atomic E-state index is 12.3. The van der Waals surface area contributed by atoms with E-state index in [4.69, 9.17) is 0 Å². The Morgan fingerprint density at radius 2 is 2.29 bits per heavy atom. The van der Waals surface area contributed by atoms with E-state index in [-0.39, 0.29) is 6.03 Å². The summed E-state index contributed by atoms with van der Waals surface area (Å²) in [6.07, 6.45) is 0. The normalized spacial score (nSPS) is 18.7. The van der Waals surface area contributed by atoms with Crippen LogP contribution >= 0.6 is 23.1 Å². The molecule has 21 heavy (non-hydrogen) atoms. The van der Waals surface area contributed by atoms with Crippen molar-refractivity contribution < 1.29 is 14.7 Å². The quantitative estimate of drug-likeness (QED) is 0.886. The molecule has 2 amide bonds. The first-order valence-electron chi connectivity index (χ1n) is 6.36. The highest BCUT2D eigenvalue weighted by atomic mass is 32.2. The van der Waals surface area contributed by atoms with Gasteiger partial charge in [-0.1, -0.05) is 0 Å². The van der Waals surface area contributed by atoms with Crippen LogP contribution in [0.5, 0.6) is 0 Å². The number of anilines is 1. The van der Waals surface area contributed by atoms with Crippen LogP contribution in [-0.4, -0.2) is 51.1 Å². The van der Waals surface area contributed by atoms with Gasteiger partial charge in [-0.05, 0) is 18.2 Å². The van der Waals surface area contributed by atoms with Gasteiger partial charge >= 0.3 is 12.0 Å². The molecule has 6 nitrogen and oxygen atoms in total. The third-order valence-corrected chi connectivity index (χ3v) is 5.07. The molecule has 1 saturated heterocycles. The van der Waals surface area contributed by atoms with Crippen molar-refractivity contribution in [1.29, 1.82) is 0 Å². The number of aliphatic carboxylic acids is 1. The van der Waals surface area contributed by atoms with E-state index in [0.717, 1.165) is 16.0 Å². The Hall–Kier alpha value is -1.80. The van der Waals surface area contributed by atoms with Crippen molar-refractivity contribution in [2.75, 3.05) is 23.4 Å². The number of fused-ring (bicyclic) bond motifs is 1. The van der Waals surface area contributed by atoms with Crippen molar-refractivity contribution in [3.8, 4) is 0 Å². The average molecular weight is 323 g/mol. The standard InChI is InChI=1S/C13H13N3O3S2/c17-12(18)10-6-20-4-3-16(10)13(19)15-8-1-2-9-11(5-8)21-7-14-9/h1-2,5,7,10H,3-4,6H2,(H,15,19)(H,17,18). The van der Waals surface area contributed by atoms with Crippen LogP contribution in [0.25, 0.3) is 10.2 Å². The lowest BCUT2D eigenvalue weighted by atomic mass is 10.2. The maximum Gasteiger partial charge on any atom is 0.327 e. The molecule has 2 N–H and O–H groups in total. The number of nitrogens with zero attached hydrogens (tertiary/aromatic N) is 2. The number of carboxylic acids is 1. The van der Waals surface area contributed by atoms with Gasteiger partial charge in [-0.3, -0.25) is 0 Å². The van der Waals surface area contributed by atoms with Crippen LogP contribution in [0.2, 0.25) is 0 Å². The Bertz CT molecular complexity index is 688. The van der Waals surface area contributed by atoms with Crippen LogP contribution in [0.1, 0.15) is 0 Å². The number of amides is 2. The minimum Gasteiger partial charge on any atom is -0.480 e. The second-order valence-corrected chi connectivity index (χ2v) is 6.62. The van der Waals surface area contributed by atoms with Gasteiger partial charge < -0.3 is 15.3 Å². The molecule has 0 spiro atoms. The number of thioether (sulfide) groups is 1. The second-order valence-electron chi connectivity index (χ2n) is 4.59. The number of hydrogen-bond donors (Lipinski definition) is 2. The smallest absolute Gasteiger partial charge is 0.327 e. The maximum absolute atomic E-state index is 12.3. The molecule has 0 aliphatic carbocycles. The molecule has 3 rings (SSSR count). The number of aromatic nitrogens is 1. The van der Waals surface area contributed by atoms with Crippen molar-refractivity contribution in [2.45, 2.75) is 6.04 Å². The molecule has 0 bridgehead atoms. The molecule has 1 atom stereocenters. The fraction of sp³-hybridized carbons (Fsp3) is 0.308. The summed E-state index contributed by atoms with van der Waals surface area (Å²) in [6.45, 7) is 0.441. The minimum absolute atomic E-state index is 0.369. The summed E-state index contributed by atoms with van der Waals surface area (Å²) < 4.78 is 0.983. The summed E-state index contributed by atoms with van der Waals surface area (Å²) in [7, 11) is 0. The third kappa shape index (κ3) is 2.96. The summed E-state index contributed by atoms with van der Waals surface area (Å²) in [6, 6.07) is 4.32. The molecule has 8 heteroatoms. The molecular formula is C13H13N3O3S2. The molecular weight excluding hydrogens is 310 g/mol. The van der Waals surface area contributed by atoms with Gasteiger partial charge in [-0.15, -0.1) is 11.3 Å². The van der Waals surface area contributed by atoms with Gasteiger partial charge in [-0.2, -0.15) is 11.8 Å². The molecule has 1 aliphatic rings. The van der Waals surface area contributed by atoms with Crippen LogP contribution < -0.4 is 5.32 Å². The first-order chi connectivity index (χ1) is 10.1. The number of rotatable bonds is 2. The van der Waals surface area contributed by atoms with Gasteiger partial charge in [0.1, 0.15) is 6.04 Å². The minimum atomic E-state index is -0.963. The molecule has 1 aliphatic heterocycles. The SMILES string of the molecule is O=C(O)C1CSCCN1C(=O)Nc1ccc2ncsc2c1. The first-order valence-corrected chi connectivity index (χ1v) is 8.40. The number of thiazole rings is 1. The monoisotopic (exact) mass is 323 g/mol. The van der Waals surface area contributed by atoms with E-state index in [1.165, 1.54) is 16.2 Å². The van der Waals surface area contributed by atoms with Gasteiger partial charge in [0, 0.05) is 23.7 Å². The van der Waals surface area contributed by atoms with Crippen molar-refractivity contribution in [3.05, 3.63) is 23.7 Å². The highest BCUT2D eigenvalue weighted by Crippen LogP contribution is 2.23. The Labute approximate surface area is 129 Å². The number of hydrogen-bond acceptors (Lipinski definition) is 5. The van der Waals surface area contributed by atoms with Crippen LogP contribution in [0.3, 0.4) is 0 Å². The summed E-state index contributed by atoms with van der Waals surface area (Å²) in [4.78, 5) is 29.1. The van der Waals surface area contributed by atoms with E-state index < -0.39 is 12.0 Å². The van der Waals surface area contributed by atoms with E-state index in [0.29, 0.717) is 18.0 Å². The third-order valence-electron chi connectivity index (χ3n) is 3.26. The molecule has 0 radical (unpaired) electrons. The number of benzene rings is 1. The van der Waals surface area contributed by atoms with Gasteiger partial charge in [-0.25, -0.2) is 14.6 Å². The lowest BCUT2D eigenvalue weighted by Crippen LogP contribution is -2.51. The predicted octanol–water partition coefficient (Wildman–Crippen LogP) is 2.33. The Morgan fingerprint density at radius 1 is 1.43 bits per heavy atom. The lowest BCUT2D eigenvalue weighted by Gasteiger charge is -2.32. The zero-order valence-corrected chi connectivity index (χ0v) is 12.6. The molecule has 1 aromatic carbocycles. The van der Waals surface area contributed by atoms with E-state index >= 15 is 0 Å². The lowest BCUT2D eigenvalue weighted by molar-refractivity contribution is -0.141. The number of carbonyl (C=O) groups is 2. The molecule has 0 saturated carbocycles. The summed E-state index contributed by atoms with van der Waals surface area (Å²) in [5.74, 6) is 0.220. The van der Waals surface area contributed by atoms with E-state index in [1.807, 2.05) is 12.1 Å². The number of urea groups is 1. The highest BCUT2D eigenvalue weighted by molar-refractivity contribution is 7.99. The van der Waals surface area contributed by atoms with Crippen LogP contribution in [0, 0.1) is 0 Å². The summed E-state index contributed by atoms with van der Waals surface area (Å²) in [5.41, 5.74) is 3.29. The molecule has 2 heterocycles. The van der Waals surface area contributed by atoms with Crippen LogP contribution in [0.15, 0.2) is 23.7 Å². The first kappa shape index (κ1) is 14.2.